The number of hydrogen-bond donors (Lipinski definition) is 11. The van der Waals surface area contributed by atoms with E-state index in [4.69, 9.17) is 22.9 Å². The summed E-state index contributed by atoms with van der Waals surface area (Å²) in [7, 11) is 0. The summed E-state index contributed by atoms with van der Waals surface area (Å²) < 4.78 is 0. The molecule has 0 saturated carbocycles. The minimum atomic E-state index is -1.29. The molecule has 0 aliphatic rings. The summed E-state index contributed by atoms with van der Waals surface area (Å²) in [6, 6.07) is -4.74. The maximum absolute atomic E-state index is 12.7. The fourth-order valence-corrected chi connectivity index (χ4v) is 3.27. The van der Waals surface area contributed by atoms with Crippen molar-refractivity contribution in [2.75, 3.05) is 25.4 Å². The number of nitrogens with one attached hydrogen (secondary N) is 4. The second kappa shape index (κ2) is 19.0. The summed E-state index contributed by atoms with van der Waals surface area (Å²) >= 11 is 4.03. The molecule has 0 aliphatic heterocycles. The Hall–Kier alpha value is -3.15. The molecule has 0 spiro atoms. The summed E-state index contributed by atoms with van der Waals surface area (Å²) in [4.78, 5) is 65.0. The van der Waals surface area contributed by atoms with Crippen molar-refractivity contribution in [2.24, 2.45) is 27.9 Å². The lowest BCUT2D eigenvalue weighted by Crippen LogP contribution is -2.56. The molecule has 0 fully saturated rings. The van der Waals surface area contributed by atoms with E-state index in [1.165, 1.54) is 6.92 Å². The van der Waals surface area contributed by atoms with E-state index in [9.17, 15) is 34.2 Å². The summed E-state index contributed by atoms with van der Waals surface area (Å²) in [6.07, 6.45) is 0.457. The lowest BCUT2D eigenvalue weighted by molar-refractivity contribution is -0.142. The van der Waals surface area contributed by atoms with Crippen LogP contribution in [0.3, 0.4) is 0 Å². The van der Waals surface area contributed by atoms with Gasteiger partial charge in [0.1, 0.15) is 24.2 Å². The van der Waals surface area contributed by atoms with Crippen LogP contribution in [-0.4, -0.2) is 101 Å². The second-order valence-corrected chi connectivity index (χ2v) is 8.85. The van der Waals surface area contributed by atoms with E-state index in [1.54, 1.807) is 0 Å². The van der Waals surface area contributed by atoms with Gasteiger partial charge in [0, 0.05) is 12.3 Å². The highest BCUT2D eigenvalue weighted by Gasteiger charge is 2.28. The Morgan fingerprint density at radius 2 is 1.50 bits per heavy atom. The van der Waals surface area contributed by atoms with Gasteiger partial charge in [-0.3, -0.25) is 24.2 Å². The van der Waals surface area contributed by atoms with Crippen molar-refractivity contribution in [3.05, 3.63) is 0 Å². The van der Waals surface area contributed by atoms with Gasteiger partial charge in [0.2, 0.25) is 23.6 Å². The Bertz CT molecular complexity index is 825. The van der Waals surface area contributed by atoms with Crippen LogP contribution in [0, 0.1) is 0 Å². The van der Waals surface area contributed by atoms with Gasteiger partial charge in [0.25, 0.3) is 0 Å². The molecule has 0 saturated heterocycles. The minimum absolute atomic E-state index is 0.0882. The first-order chi connectivity index (χ1) is 17.8. The molecule has 17 heteroatoms. The quantitative estimate of drug-likeness (QED) is 0.0308. The zero-order valence-electron chi connectivity index (χ0n) is 21.4. The normalized spacial score (nSPS) is 14.7. The number of unbranched alkanes of at least 4 members (excludes halogenated alkanes) is 1. The van der Waals surface area contributed by atoms with Crippen LogP contribution in [0.15, 0.2) is 4.99 Å². The van der Waals surface area contributed by atoms with Crippen LogP contribution in [0.4, 0.5) is 0 Å². The highest BCUT2D eigenvalue weighted by atomic mass is 32.1. The number of aliphatic hydroxyl groups excluding tert-OH is 1. The molecule has 16 nitrogen and oxygen atoms in total. The molecule has 0 heterocycles. The molecule has 218 valence electrons. The van der Waals surface area contributed by atoms with Crippen LogP contribution in [-0.2, 0) is 24.0 Å². The topological polar surface area (TPSA) is 290 Å². The number of rotatable bonds is 19. The number of nitrogens with zero attached hydrogens (tertiary/aromatic N) is 1. The Morgan fingerprint density at radius 1 is 0.895 bits per heavy atom. The summed E-state index contributed by atoms with van der Waals surface area (Å²) in [6.45, 7) is 1.32. The largest absolute Gasteiger partial charge is 0.480 e. The first-order valence-corrected chi connectivity index (χ1v) is 12.7. The van der Waals surface area contributed by atoms with Crippen LogP contribution in [0.1, 0.15) is 39.0 Å². The third kappa shape index (κ3) is 14.6. The van der Waals surface area contributed by atoms with Gasteiger partial charge >= 0.3 is 5.97 Å². The van der Waals surface area contributed by atoms with Gasteiger partial charge in [-0.25, -0.2) is 4.79 Å². The number of nitrogens with two attached hydrogens (primary N) is 4. The maximum atomic E-state index is 12.7. The Balaban J connectivity index is 5.07. The molecule has 0 aromatic heterocycles. The van der Waals surface area contributed by atoms with Crippen LogP contribution in [0.2, 0.25) is 0 Å². The van der Waals surface area contributed by atoms with E-state index in [1.807, 2.05) is 0 Å². The zero-order valence-corrected chi connectivity index (χ0v) is 22.3. The molecule has 0 unspecified atom stereocenters. The molecule has 0 radical (unpaired) electrons. The van der Waals surface area contributed by atoms with Crippen molar-refractivity contribution in [1.82, 2.24) is 21.3 Å². The summed E-state index contributed by atoms with van der Waals surface area (Å²) in [5.74, 6) is -4.52. The fraction of sp³-hybridized carbons (Fsp3) is 0.714. The zero-order chi connectivity index (χ0) is 29.3. The van der Waals surface area contributed by atoms with E-state index in [0.29, 0.717) is 25.8 Å². The van der Waals surface area contributed by atoms with Crippen LogP contribution in [0.5, 0.6) is 0 Å². The van der Waals surface area contributed by atoms with E-state index in [2.05, 4.69) is 38.9 Å². The number of guanidine groups is 1. The number of aliphatic carboxylic acids is 1. The molecule has 5 atom stereocenters. The maximum Gasteiger partial charge on any atom is 0.326 e. The van der Waals surface area contributed by atoms with Crippen molar-refractivity contribution < 1.29 is 34.2 Å². The highest BCUT2D eigenvalue weighted by Crippen LogP contribution is 2.03. The number of thiol groups is 1. The lowest BCUT2D eigenvalue weighted by Gasteiger charge is -2.22. The number of amides is 4. The Morgan fingerprint density at radius 3 is 2.03 bits per heavy atom. The molecule has 38 heavy (non-hydrogen) atoms. The fourth-order valence-electron chi connectivity index (χ4n) is 3.01. The van der Waals surface area contributed by atoms with Gasteiger partial charge < -0.3 is 54.4 Å². The molecule has 0 aromatic carbocycles. The number of carbonyl (C=O) groups is 5. The lowest BCUT2D eigenvalue weighted by atomic mass is 10.1. The van der Waals surface area contributed by atoms with Gasteiger partial charge in [-0.2, -0.15) is 12.6 Å². The molecule has 0 rings (SSSR count). The van der Waals surface area contributed by atoms with Crippen LogP contribution >= 0.6 is 12.6 Å². The number of aliphatic imine (C=N–C) groups is 1. The SMILES string of the molecule is C[C@@H](O)[C@H](N)C(=O)N[C@H](CCCN=C(N)N)C(=O)NCC(=O)N[C@H](CS)C(=O)N[C@@H](CCCCN)C(=O)O. The Kier molecular flexibility index (Phi) is 17.4. The number of hydrogen-bond acceptors (Lipinski definition) is 10. The third-order valence-corrected chi connectivity index (χ3v) is 5.58. The van der Waals surface area contributed by atoms with Gasteiger partial charge in [-0.05, 0) is 45.6 Å². The van der Waals surface area contributed by atoms with Gasteiger partial charge in [-0.1, -0.05) is 0 Å². The van der Waals surface area contributed by atoms with E-state index < -0.39 is 66.4 Å². The first-order valence-electron chi connectivity index (χ1n) is 12.0. The van der Waals surface area contributed by atoms with Crippen molar-refractivity contribution in [1.29, 1.82) is 0 Å². The Labute approximate surface area is 226 Å². The van der Waals surface area contributed by atoms with E-state index in [0.717, 1.165) is 0 Å². The predicted molar refractivity (Wildman–Crippen MR) is 143 cm³/mol. The van der Waals surface area contributed by atoms with E-state index in [-0.39, 0.29) is 31.1 Å². The van der Waals surface area contributed by atoms with Crippen molar-refractivity contribution in [2.45, 2.75) is 69.3 Å². The van der Waals surface area contributed by atoms with E-state index >= 15 is 0 Å². The summed E-state index contributed by atoms with van der Waals surface area (Å²) in [5, 5.41) is 28.3. The second-order valence-electron chi connectivity index (χ2n) is 8.48. The predicted octanol–water partition coefficient (Wildman–Crippen LogP) is -4.54. The van der Waals surface area contributed by atoms with Gasteiger partial charge in [0.15, 0.2) is 5.96 Å². The minimum Gasteiger partial charge on any atom is -0.480 e. The number of carboxylic acid groups (broad SMARTS) is 1. The number of aliphatic hydroxyl groups is 1. The molecule has 0 aliphatic carbocycles. The average molecular weight is 564 g/mol. The van der Waals surface area contributed by atoms with Crippen molar-refractivity contribution in [3.63, 3.8) is 0 Å². The molecular weight excluding hydrogens is 522 g/mol. The highest BCUT2D eigenvalue weighted by molar-refractivity contribution is 7.80. The molecule has 0 bridgehead atoms. The molecular formula is C21H41N9O7S. The molecule has 4 amide bonds. The first kappa shape index (κ1) is 34.9. The van der Waals surface area contributed by atoms with Gasteiger partial charge in [-0.15, -0.1) is 0 Å². The molecule has 0 aromatic rings. The van der Waals surface area contributed by atoms with Crippen molar-refractivity contribution >= 4 is 48.2 Å². The molecule has 14 N–H and O–H groups in total. The van der Waals surface area contributed by atoms with Crippen LogP contribution in [0.25, 0.3) is 0 Å². The number of carbonyl (C=O) groups excluding carboxylic acids is 4. The van der Waals surface area contributed by atoms with Gasteiger partial charge in [0.05, 0.1) is 12.6 Å². The average Bonchev–Trinajstić information content (AvgIpc) is 2.85. The monoisotopic (exact) mass is 563 g/mol. The smallest absolute Gasteiger partial charge is 0.326 e. The third-order valence-electron chi connectivity index (χ3n) is 5.22. The van der Waals surface area contributed by atoms with Crippen LogP contribution < -0.4 is 44.2 Å². The standard InChI is InChI=1S/C21H41N9O7S/c1-11(31)16(23)19(35)29-12(6-4-8-26-21(24)25)17(33)27-9-15(32)28-14(10-38)18(34)30-13(20(36)37)5-2-3-7-22/h11-14,16,31,38H,2-10,22-23H2,1H3,(H,27,33)(H,28,32)(H,29,35)(H,30,34)(H,36,37)(H4,24,25,26)/t11-,12-,13+,14-,16+/m1/s1. The van der Waals surface area contributed by atoms with Crippen molar-refractivity contribution in [3.8, 4) is 0 Å². The summed E-state index contributed by atoms with van der Waals surface area (Å²) in [5.41, 5.74) is 21.5. The number of carboxylic acids is 1.